The first-order valence-corrected chi connectivity index (χ1v) is 7.41. The molecule has 5 nitrogen and oxygen atoms in total. The van der Waals surface area contributed by atoms with Gasteiger partial charge in [-0.25, -0.2) is 0 Å². The molecule has 5 heteroatoms. The molecule has 0 amide bonds. The number of aliphatic hydroxyl groups is 1. The minimum absolute atomic E-state index is 0.0289. The first-order valence-electron chi connectivity index (χ1n) is 7.41. The molecule has 1 rings (SSSR count). The van der Waals surface area contributed by atoms with Crippen LogP contribution in [-0.2, 0) is 4.79 Å². The molecule has 114 valence electrons. The van der Waals surface area contributed by atoms with Crippen molar-refractivity contribution in [3.05, 3.63) is 0 Å². The Bertz CT molecular complexity index is 211. The van der Waals surface area contributed by atoms with Gasteiger partial charge in [-0.3, -0.25) is 4.79 Å². The molecule has 19 heavy (non-hydrogen) atoms. The fourth-order valence-corrected chi connectivity index (χ4v) is 2.23. The SMILES string of the molecule is NCCCC(N)CCCO.O=C(O)C1CCCCC1. The average Bonchev–Trinajstić information content (AvgIpc) is 2.44. The number of carboxylic acid groups (broad SMARTS) is 1. The van der Waals surface area contributed by atoms with Crippen LogP contribution in [0.5, 0.6) is 0 Å². The molecule has 1 aliphatic carbocycles. The molecule has 0 bridgehead atoms. The van der Waals surface area contributed by atoms with Gasteiger partial charge in [0.15, 0.2) is 0 Å². The van der Waals surface area contributed by atoms with Gasteiger partial charge in [-0.15, -0.1) is 0 Å². The third-order valence-electron chi connectivity index (χ3n) is 3.47. The standard InChI is InChI=1S/C7H18N2O.C7H12O2/c8-5-1-3-7(9)4-2-6-10;8-7(9)6-4-2-1-3-5-6/h7,10H,1-6,8-9H2;6H,1-5H2,(H,8,9). The highest BCUT2D eigenvalue weighted by Crippen LogP contribution is 2.23. The third-order valence-corrected chi connectivity index (χ3v) is 3.47. The van der Waals surface area contributed by atoms with E-state index in [1.807, 2.05) is 0 Å². The van der Waals surface area contributed by atoms with Crippen LogP contribution in [0.1, 0.15) is 57.8 Å². The highest BCUT2D eigenvalue weighted by Gasteiger charge is 2.19. The third kappa shape index (κ3) is 10.9. The summed E-state index contributed by atoms with van der Waals surface area (Å²) in [6.45, 7) is 0.961. The lowest BCUT2D eigenvalue weighted by atomic mass is 9.90. The van der Waals surface area contributed by atoms with Crippen LogP contribution in [0.3, 0.4) is 0 Å². The fraction of sp³-hybridized carbons (Fsp3) is 0.929. The van der Waals surface area contributed by atoms with Gasteiger partial charge in [0.1, 0.15) is 0 Å². The first-order chi connectivity index (χ1) is 9.11. The second kappa shape index (κ2) is 12.4. The summed E-state index contributed by atoms with van der Waals surface area (Å²) < 4.78 is 0. The van der Waals surface area contributed by atoms with Gasteiger partial charge < -0.3 is 21.7 Å². The van der Waals surface area contributed by atoms with E-state index in [9.17, 15) is 4.79 Å². The maximum absolute atomic E-state index is 10.4. The van der Waals surface area contributed by atoms with Gasteiger partial charge >= 0.3 is 5.97 Å². The number of hydrogen-bond donors (Lipinski definition) is 4. The van der Waals surface area contributed by atoms with Crippen molar-refractivity contribution in [3.8, 4) is 0 Å². The molecule has 6 N–H and O–H groups in total. The maximum atomic E-state index is 10.4. The highest BCUT2D eigenvalue weighted by molar-refractivity contribution is 5.69. The number of hydrogen-bond acceptors (Lipinski definition) is 4. The van der Waals surface area contributed by atoms with Crippen LogP contribution in [0, 0.1) is 5.92 Å². The lowest BCUT2D eigenvalue weighted by molar-refractivity contribution is -0.142. The Morgan fingerprint density at radius 3 is 2.16 bits per heavy atom. The molecule has 0 aromatic carbocycles. The van der Waals surface area contributed by atoms with E-state index in [2.05, 4.69) is 0 Å². The Balaban J connectivity index is 0.000000342. The molecule has 1 aliphatic rings. The molecule has 1 fully saturated rings. The number of nitrogens with two attached hydrogens (primary N) is 2. The second-order valence-corrected chi connectivity index (χ2v) is 5.23. The van der Waals surface area contributed by atoms with Gasteiger partial charge in [0.2, 0.25) is 0 Å². The van der Waals surface area contributed by atoms with Crippen molar-refractivity contribution < 1.29 is 15.0 Å². The summed E-state index contributed by atoms with van der Waals surface area (Å²) >= 11 is 0. The maximum Gasteiger partial charge on any atom is 0.306 e. The van der Waals surface area contributed by atoms with E-state index < -0.39 is 5.97 Å². The monoisotopic (exact) mass is 274 g/mol. The molecule has 0 radical (unpaired) electrons. The first kappa shape index (κ1) is 18.4. The van der Waals surface area contributed by atoms with Crippen molar-refractivity contribution in [2.24, 2.45) is 17.4 Å². The van der Waals surface area contributed by atoms with Crippen LogP contribution in [0.15, 0.2) is 0 Å². The molecular weight excluding hydrogens is 244 g/mol. The fourth-order valence-electron chi connectivity index (χ4n) is 2.23. The van der Waals surface area contributed by atoms with E-state index in [4.69, 9.17) is 21.7 Å². The van der Waals surface area contributed by atoms with Crippen LogP contribution < -0.4 is 11.5 Å². The molecule has 0 heterocycles. The smallest absolute Gasteiger partial charge is 0.306 e. The quantitative estimate of drug-likeness (QED) is 0.562. The van der Waals surface area contributed by atoms with E-state index >= 15 is 0 Å². The molecule has 0 saturated heterocycles. The van der Waals surface area contributed by atoms with E-state index in [1.165, 1.54) is 6.42 Å². The van der Waals surface area contributed by atoms with E-state index in [-0.39, 0.29) is 18.6 Å². The lowest BCUT2D eigenvalue weighted by Crippen LogP contribution is -2.21. The number of aliphatic hydroxyl groups excluding tert-OH is 1. The summed E-state index contributed by atoms with van der Waals surface area (Å²) in [6.07, 6.45) is 8.94. The average molecular weight is 274 g/mol. The summed E-state index contributed by atoms with van der Waals surface area (Å²) in [5, 5.41) is 17.0. The normalized spacial score (nSPS) is 17.4. The van der Waals surface area contributed by atoms with Crippen LogP contribution in [-0.4, -0.2) is 35.4 Å². The van der Waals surface area contributed by atoms with Crippen LogP contribution in [0.4, 0.5) is 0 Å². The Morgan fingerprint density at radius 2 is 1.74 bits per heavy atom. The van der Waals surface area contributed by atoms with Gasteiger partial charge in [0.25, 0.3) is 0 Å². The molecule has 1 saturated carbocycles. The Kier molecular flexibility index (Phi) is 12.0. The summed E-state index contributed by atoms with van der Waals surface area (Å²) in [6, 6.07) is 0.232. The molecular formula is C14H30N2O3. The number of rotatable bonds is 7. The molecule has 0 aromatic heterocycles. The summed E-state index contributed by atoms with van der Waals surface area (Å²) in [4.78, 5) is 10.4. The molecule has 1 atom stereocenters. The summed E-state index contributed by atoms with van der Waals surface area (Å²) in [7, 11) is 0. The van der Waals surface area contributed by atoms with E-state index in [0.29, 0.717) is 6.54 Å². The number of carbonyl (C=O) groups is 1. The van der Waals surface area contributed by atoms with Crippen molar-refractivity contribution >= 4 is 5.97 Å². The summed E-state index contributed by atoms with van der Waals surface area (Å²) in [5.41, 5.74) is 11.0. The molecule has 0 spiro atoms. The van der Waals surface area contributed by atoms with Crippen molar-refractivity contribution in [1.82, 2.24) is 0 Å². The van der Waals surface area contributed by atoms with Crippen molar-refractivity contribution in [1.29, 1.82) is 0 Å². The minimum Gasteiger partial charge on any atom is -0.481 e. The lowest BCUT2D eigenvalue weighted by Gasteiger charge is -2.16. The van der Waals surface area contributed by atoms with Crippen LogP contribution in [0.25, 0.3) is 0 Å². The van der Waals surface area contributed by atoms with Gasteiger partial charge in [0, 0.05) is 12.6 Å². The highest BCUT2D eigenvalue weighted by atomic mass is 16.4. The van der Waals surface area contributed by atoms with Gasteiger partial charge in [-0.05, 0) is 45.1 Å². The van der Waals surface area contributed by atoms with Crippen LogP contribution in [0.2, 0.25) is 0 Å². The molecule has 1 unspecified atom stereocenters. The zero-order valence-electron chi connectivity index (χ0n) is 11.9. The Hall–Kier alpha value is -0.650. The molecule has 0 aliphatic heterocycles. The van der Waals surface area contributed by atoms with E-state index in [1.54, 1.807) is 0 Å². The van der Waals surface area contributed by atoms with Gasteiger partial charge in [0.05, 0.1) is 5.92 Å². The number of carboxylic acids is 1. The topological polar surface area (TPSA) is 110 Å². The van der Waals surface area contributed by atoms with Gasteiger partial charge in [-0.1, -0.05) is 19.3 Å². The van der Waals surface area contributed by atoms with Crippen molar-refractivity contribution in [3.63, 3.8) is 0 Å². The minimum atomic E-state index is -0.602. The van der Waals surface area contributed by atoms with Crippen LogP contribution >= 0.6 is 0 Å². The Morgan fingerprint density at radius 1 is 1.16 bits per heavy atom. The second-order valence-electron chi connectivity index (χ2n) is 5.23. The summed E-state index contributed by atoms with van der Waals surface area (Å²) in [5.74, 6) is -0.631. The Labute approximate surface area is 116 Å². The van der Waals surface area contributed by atoms with Crippen molar-refractivity contribution in [2.45, 2.75) is 63.8 Å². The zero-order chi connectivity index (χ0) is 14.5. The molecule has 0 aromatic rings. The largest absolute Gasteiger partial charge is 0.481 e. The predicted molar refractivity (Wildman–Crippen MR) is 76.8 cm³/mol. The van der Waals surface area contributed by atoms with Crippen molar-refractivity contribution in [2.75, 3.05) is 13.2 Å². The van der Waals surface area contributed by atoms with E-state index in [0.717, 1.165) is 51.4 Å². The predicted octanol–water partition coefficient (Wildman–Crippen LogP) is 1.48. The van der Waals surface area contributed by atoms with Gasteiger partial charge in [-0.2, -0.15) is 0 Å². The number of aliphatic carboxylic acids is 1. The zero-order valence-corrected chi connectivity index (χ0v) is 11.9.